The van der Waals surface area contributed by atoms with Crippen LogP contribution >= 0.6 is 11.6 Å². The van der Waals surface area contributed by atoms with E-state index in [4.69, 9.17) is 11.6 Å². The highest BCUT2D eigenvalue weighted by atomic mass is 35.5. The maximum Gasteiger partial charge on any atom is 0.225 e. The highest BCUT2D eigenvalue weighted by Crippen LogP contribution is 2.31. The smallest absolute Gasteiger partial charge is 0.225 e. The van der Waals surface area contributed by atoms with E-state index in [0.717, 1.165) is 37.1 Å². The van der Waals surface area contributed by atoms with E-state index in [9.17, 15) is 4.79 Å². The first kappa shape index (κ1) is 16.3. The van der Waals surface area contributed by atoms with Gasteiger partial charge in [-0.3, -0.25) is 4.79 Å². The van der Waals surface area contributed by atoms with E-state index in [0.29, 0.717) is 5.02 Å². The van der Waals surface area contributed by atoms with Crippen LogP contribution in [-0.2, 0) is 10.3 Å². The van der Waals surface area contributed by atoms with Crippen molar-refractivity contribution in [3.63, 3.8) is 0 Å². The van der Waals surface area contributed by atoms with Gasteiger partial charge < -0.3 is 10.2 Å². The van der Waals surface area contributed by atoms with Crippen molar-refractivity contribution in [2.75, 3.05) is 20.1 Å². The molecule has 0 bridgehead atoms. The van der Waals surface area contributed by atoms with Crippen molar-refractivity contribution in [3.05, 3.63) is 34.3 Å². The molecule has 1 aliphatic heterocycles. The van der Waals surface area contributed by atoms with Crippen LogP contribution in [0.15, 0.2) is 18.2 Å². The van der Waals surface area contributed by atoms with Crippen molar-refractivity contribution in [2.24, 2.45) is 5.92 Å². The highest BCUT2D eigenvalue weighted by Gasteiger charge is 2.31. The Bertz CT molecular complexity index is 507. The van der Waals surface area contributed by atoms with E-state index < -0.39 is 5.54 Å². The predicted octanol–water partition coefficient (Wildman–Crippen LogP) is 3.34. The third-order valence-electron chi connectivity index (χ3n) is 4.28. The molecule has 1 atom stereocenters. The van der Waals surface area contributed by atoms with Gasteiger partial charge in [-0.25, -0.2) is 0 Å². The number of rotatable bonds is 3. The van der Waals surface area contributed by atoms with Crippen molar-refractivity contribution in [1.29, 1.82) is 0 Å². The average molecular weight is 309 g/mol. The molecule has 0 spiro atoms. The van der Waals surface area contributed by atoms with Crippen LogP contribution in [0.4, 0.5) is 0 Å². The molecule has 21 heavy (non-hydrogen) atoms. The Morgan fingerprint density at radius 3 is 2.76 bits per heavy atom. The molecule has 0 unspecified atom stereocenters. The summed E-state index contributed by atoms with van der Waals surface area (Å²) >= 11 is 6.35. The summed E-state index contributed by atoms with van der Waals surface area (Å²) in [4.78, 5) is 14.8. The first-order chi connectivity index (χ1) is 9.81. The van der Waals surface area contributed by atoms with E-state index in [1.807, 2.05) is 39.0 Å². The number of carbonyl (C=O) groups is 1. The number of nitrogens with one attached hydrogen (secondary N) is 1. The molecular weight excluding hydrogens is 284 g/mol. The van der Waals surface area contributed by atoms with Crippen LogP contribution in [-0.4, -0.2) is 30.9 Å². The van der Waals surface area contributed by atoms with Crippen LogP contribution in [0.5, 0.6) is 0 Å². The molecular formula is C17H25ClN2O. The van der Waals surface area contributed by atoms with Crippen LogP contribution in [0.2, 0.25) is 5.02 Å². The summed E-state index contributed by atoms with van der Waals surface area (Å²) in [6, 6.07) is 5.85. The molecule has 2 rings (SSSR count). The third-order valence-corrected chi connectivity index (χ3v) is 4.59. The zero-order chi connectivity index (χ0) is 15.6. The number of nitrogens with zero attached hydrogens (tertiary/aromatic N) is 1. The summed E-state index contributed by atoms with van der Waals surface area (Å²) in [7, 11) is 2.07. The van der Waals surface area contributed by atoms with Crippen LogP contribution in [0, 0.1) is 12.8 Å². The summed E-state index contributed by atoms with van der Waals surface area (Å²) in [6.07, 6.45) is 2.05. The van der Waals surface area contributed by atoms with E-state index in [1.54, 1.807) is 0 Å². The van der Waals surface area contributed by atoms with Crippen LogP contribution in [0.3, 0.4) is 0 Å². The summed E-state index contributed by atoms with van der Waals surface area (Å²) in [5, 5.41) is 3.90. The van der Waals surface area contributed by atoms with E-state index in [-0.39, 0.29) is 11.8 Å². The maximum atomic E-state index is 12.6. The topological polar surface area (TPSA) is 32.3 Å². The molecule has 1 aromatic rings. The molecule has 1 N–H and O–H groups in total. The first-order valence-electron chi connectivity index (χ1n) is 7.57. The van der Waals surface area contributed by atoms with Gasteiger partial charge in [0.15, 0.2) is 0 Å². The number of likely N-dealkylation sites (tertiary alicyclic amines) is 1. The van der Waals surface area contributed by atoms with E-state index in [2.05, 4.69) is 17.3 Å². The van der Waals surface area contributed by atoms with Gasteiger partial charge in [0.2, 0.25) is 5.91 Å². The lowest BCUT2D eigenvalue weighted by Gasteiger charge is -2.34. The summed E-state index contributed by atoms with van der Waals surface area (Å²) < 4.78 is 0. The lowest BCUT2D eigenvalue weighted by atomic mass is 9.88. The molecule has 1 aliphatic rings. The number of amides is 1. The standard InChI is InChI=1S/C17H25ClN2O/c1-12-7-5-9-14(18)15(12)17(2,3)19-16(21)13-8-6-10-20(4)11-13/h5,7,9,13H,6,8,10-11H2,1-4H3,(H,19,21)/t13-/m0/s1. The molecule has 0 aliphatic carbocycles. The van der Waals surface area contributed by atoms with Gasteiger partial charge in [-0.05, 0) is 64.4 Å². The Morgan fingerprint density at radius 2 is 2.14 bits per heavy atom. The molecule has 1 heterocycles. The fraction of sp³-hybridized carbons (Fsp3) is 0.588. The molecule has 1 fully saturated rings. The van der Waals surface area contributed by atoms with Gasteiger partial charge in [-0.1, -0.05) is 23.7 Å². The number of piperidine rings is 1. The molecule has 0 saturated carbocycles. The minimum absolute atomic E-state index is 0.0748. The largest absolute Gasteiger partial charge is 0.347 e. The van der Waals surface area contributed by atoms with Crippen molar-refractivity contribution in [1.82, 2.24) is 10.2 Å². The molecule has 1 aromatic carbocycles. The summed E-state index contributed by atoms with van der Waals surface area (Å²) in [5.41, 5.74) is 1.65. The molecule has 4 heteroatoms. The fourth-order valence-electron chi connectivity index (χ4n) is 3.28. The van der Waals surface area contributed by atoms with Gasteiger partial charge in [-0.2, -0.15) is 0 Å². The number of carbonyl (C=O) groups excluding carboxylic acids is 1. The zero-order valence-corrected chi connectivity index (χ0v) is 14.1. The number of aryl methyl sites for hydroxylation is 1. The van der Waals surface area contributed by atoms with Gasteiger partial charge >= 0.3 is 0 Å². The molecule has 0 aromatic heterocycles. The van der Waals surface area contributed by atoms with Gasteiger partial charge in [0.1, 0.15) is 0 Å². The van der Waals surface area contributed by atoms with Crippen LogP contribution in [0.25, 0.3) is 0 Å². The molecule has 1 saturated heterocycles. The normalized spacial score (nSPS) is 20.3. The number of hydrogen-bond donors (Lipinski definition) is 1. The zero-order valence-electron chi connectivity index (χ0n) is 13.4. The van der Waals surface area contributed by atoms with E-state index in [1.165, 1.54) is 0 Å². The van der Waals surface area contributed by atoms with Crippen LogP contribution in [0.1, 0.15) is 37.8 Å². The van der Waals surface area contributed by atoms with Crippen molar-refractivity contribution < 1.29 is 4.79 Å². The van der Waals surface area contributed by atoms with Gasteiger partial charge in [0, 0.05) is 11.6 Å². The highest BCUT2D eigenvalue weighted by molar-refractivity contribution is 6.31. The molecule has 116 valence electrons. The Morgan fingerprint density at radius 1 is 1.43 bits per heavy atom. The average Bonchev–Trinajstić information content (AvgIpc) is 2.37. The van der Waals surface area contributed by atoms with E-state index >= 15 is 0 Å². The second-order valence-electron chi connectivity index (χ2n) is 6.65. The first-order valence-corrected chi connectivity index (χ1v) is 7.95. The number of benzene rings is 1. The summed E-state index contributed by atoms with van der Waals surface area (Å²) in [6.45, 7) is 7.99. The van der Waals surface area contributed by atoms with Gasteiger partial charge in [0.25, 0.3) is 0 Å². The Kier molecular flexibility index (Phi) is 4.95. The maximum absolute atomic E-state index is 12.6. The molecule has 1 amide bonds. The molecule has 3 nitrogen and oxygen atoms in total. The second kappa shape index (κ2) is 6.37. The third kappa shape index (κ3) is 3.78. The Hall–Kier alpha value is -1.06. The minimum atomic E-state index is -0.463. The lowest BCUT2D eigenvalue weighted by molar-refractivity contribution is -0.128. The lowest BCUT2D eigenvalue weighted by Crippen LogP contribution is -2.48. The minimum Gasteiger partial charge on any atom is -0.347 e. The summed E-state index contributed by atoms with van der Waals surface area (Å²) in [5.74, 6) is 0.205. The molecule has 0 radical (unpaired) electrons. The van der Waals surface area contributed by atoms with Crippen molar-refractivity contribution >= 4 is 17.5 Å². The second-order valence-corrected chi connectivity index (χ2v) is 7.05. The van der Waals surface area contributed by atoms with Crippen molar-refractivity contribution in [3.8, 4) is 0 Å². The Balaban J connectivity index is 2.15. The van der Waals surface area contributed by atoms with Gasteiger partial charge in [-0.15, -0.1) is 0 Å². The fourth-order valence-corrected chi connectivity index (χ4v) is 3.73. The Labute approximate surface area is 132 Å². The monoisotopic (exact) mass is 308 g/mol. The number of halogens is 1. The quantitative estimate of drug-likeness (QED) is 0.929. The SMILES string of the molecule is Cc1cccc(Cl)c1C(C)(C)NC(=O)[C@H]1CCCN(C)C1. The van der Waals surface area contributed by atoms with Gasteiger partial charge in [0.05, 0.1) is 11.5 Å². The van der Waals surface area contributed by atoms with Crippen LogP contribution < -0.4 is 5.32 Å². The predicted molar refractivity (Wildman–Crippen MR) is 87.6 cm³/mol. The van der Waals surface area contributed by atoms with Crippen molar-refractivity contribution in [2.45, 2.75) is 39.2 Å². The number of hydrogen-bond acceptors (Lipinski definition) is 2.